The van der Waals surface area contributed by atoms with Crippen molar-refractivity contribution in [3.05, 3.63) is 54.1 Å². The Labute approximate surface area is 136 Å². The molecule has 3 heterocycles. The molecule has 0 spiro atoms. The van der Waals surface area contributed by atoms with Crippen molar-refractivity contribution < 1.29 is 14.3 Å². The number of amides is 2. The van der Waals surface area contributed by atoms with E-state index in [1.165, 1.54) is 6.33 Å². The van der Waals surface area contributed by atoms with Gasteiger partial charge in [0.1, 0.15) is 18.6 Å². The second-order valence-electron chi connectivity index (χ2n) is 5.42. The van der Waals surface area contributed by atoms with Crippen LogP contribution in [-0.4, -0.2) is 33.1 Å². The Morgan fingerprint density at radius 1 is 1.38 bits per heavy atom. The van der Waals surface area contributed by atoms with Gasteiger partial charge in [-0.2, -0.15) is 0 Å². The van der Waals surface area contributed by atoms with Crippen LogP contribution in [0.4, 0.5) is 4.79 Å². The number of nitrogens with zero attached hydrogens (tertiary/aromatic N) is 3. The van der Waals surface area contributed by atoms with E-state index in [1.54, 1.807) is 12.3 Å². The van der Waals surface area contributed by atoms with Crippen molar-refractivity contribution in [1.29, 1.82) is 0 Å². The summed E-state index contributed by atoms with van der Waals surface area (Å²) in [6.45, 7) is -0.00781. The standard InChI is InChI=1S/C16H13N5O3/c17-16(23)24-7-13-12-5-10(1-2-11(12)15(22)20-13)21-4-3-9-6-18-8-19-14(9)21/h1-6,8,13H,7H2,(H2,17,23)(H,20,22). The molecular formula is C16H13N5O3. The first-order valence-corrected chi connectivity index (χ1v) is 7.28. The van der Waals surface area contributed by atoms with Crippen LogP contribution in [0.1, 0.15) is 22.0 Å². The van der Waals surface area contributed by atoms with Crippen molar-refractivity contribution in [1.82, 2.24) is 19.9 Å². The molecule has 2 amide bonds. The molecule has 0 aliphatic carbocycles. The summed E-state index contributed by atoms with van der Waals surface area (Å²) in [4.78, 5) is 31.1. The highest BCUT2D eigenvalue weighted by Gasteiger charge is 2.29. The largest absolute Gasteiger partial charge is 0.447 e. The molecule has 0 saturated carbocycles. The second kappa shape index (κ2) is 5.34. The summed E-state index contributed by atoms with van der Waals surface area (Å²) in [7, 11) is 0. The molecule has 1 unspecified atom stereocenters. The highest BCUT2D eigenvalue weighted by Crippen LogP contribution is 2.29. The van der Waals surface area contributed by atoms with Gasteiger partial charge in [0.15, 0.2) is 0 Å². The molecule has 4 rings (SSSR count). The summed E-state index contributed by atoms with van der Waals surface area (Å²) in [6.07, 6.45) is 4.24. The average molecular weight is 323 g/mol. The van der Waals surface area contributed by atoms with Crippen molar-refractivity contribution in [3.8, 4) is 5.69 Å². The van der Waals surface area contributed by atoms with Gasteiger partial charge in [-0.25, -0.2) is 14.8 Å². The highest BCUT2D eigenvalue weighted by molar-refractivity contribution is 5.99. The molecule has 1 aliphatic heterocycles. The van der Waals surface area contributed by atoms with Crippen LogP contribution in [0.2, 0.25) is 0 Å². The molecule has 3 N–H and O–H groups in total. The van der Waals surface area contributed by atoms with E-state index in [0.29, 0.717) is 5.56 Å². The molecule has 24 heavy (non-hydrogen) atoms. The lowest BCUT2D eigenvalue weighted by atomic mass is 10.0. The fourth-order valence-electron chi connectivity index (χ4n) is 2.89. The van der Waals surface area contributed by atoms with Gasteiger partial charge in [-0.3, -0.25) is 4.79 Å². The van der Waals surface area contributed by atoms with Crippen LogP contribution in [0.15, 0.2) is 43.0 Å². The summed E-state index contributed by atoms with van der Waals surface area (Å²) in [5.41, 5.74) is 7.94. The summed E-state index contributed by atoms with van der Waals surface area (Å²) in [5.74, 6) is -0.200. The molecule has 0 saturated heterocycles. The van der Waals surface area contributed by atoms with Crippen molar-refractivity contribution in [2.45, 2.75) is 6.04 Å². The Morgan fingerprint density at radius 3 is 3.08 bits per heavy atom. The van der Waals surface area contributed by atoms with E-state index in [9.17, 15) is 9.59 Å². The number of primary amides is 1. The van der Waals surface area contributed by atoms with E-state index in [1.807, 2.05) is 29.0 Å². The van der Waals surface area contributed by atoms with Crippen LogP contribution in [0.3, 0.4) is 0 Å². The Hall–Kier alpha value is -3.42. The number of nitrogens with one attached hydrogen (secondary N) is 1. The second-order valence-corrected chi connectivity index (χ2v) is 5.42. The molecule has 0 bridgehead atoms. The Bertz CT molecular complexity index is 965. The van der Waals surface area contributed by atoms with E-state index in [-0.39, 0.29) is 12.5 Å². The maximum atomic E-state index is 12.0. The van der Waals surface area contributed by atoms with Gasteiger partial charge in [0, 0.05) is 29.0 Å². The van der Waals surface area contributed by atoms with Gasteiger partial charge in [-0.05, 0) is 29.8 Å². The number of hydrogen-bond donors (Lipinski definition) is 2. The minimum Gasteiger partial charge on any atom is -0.447 e. The number of carbonyl (C=O) groups excluding carboxylic acids is 2. The number of aromatic nitrogens is 3. The Morgan fingerprint density at radius 2 is 2.25 bits per heavy atom. The topological polar surface area (TPSA) is 112 Å². The third kappa shape index (κ3) is 2.24. The van der Waals surface area contributed by atoms with Gasteiger partial charge in [0.05, 0.1) is 6.04 Å². The third-order valence-electron chi connectivity index (χ3n) is 3.98. The number of benzene rings is 1. The van der Waals surface area contributed by atoms with Crippen molar-refractivity contribution in [3.63, 3.8) is 0 Å². The molecule has 2 aromatic heterocycles. The first-order chi connectivity index (χ1) is 11.6. The summed E-state index contributed by atoms with van der Waals surface area (Å²) in [5, 5.41) is 3.70. The van der Waals surface area contributed by atoms with Crippen LogP contribution < -0.4 is 11.1 Å². The number of fused-ring (bicyclic) bond motifs is 2. The van der Waals surface area contributed by atoms with E-state index in [2.05, 4.69) is 15.3 Å². The van der Waals surface area contributed by atoms with Gasteiger partial charge in [0.2, 0.25) is 0 Å². The zero-order valence-corrected chi connectivity index (χ0v) is 12.5. The van der Waals surface area contributed by atoms with Crippen molar-refractivity contribution >= 4 is 23.0 Å². The zero-order valence-electron chi connectivity index (χ0n) is 12.5. The third-order valence-corrected chi connectivity index (χ3v) is 3.98. The predicted octanol–water partition coefficient (Wildman–Crippen LogP) is 1.30. The molecule has 3 aromatic rings. The highest BCUT2D eigenvalue weighted by atomic mass is 16.5. The van der Waals surface area contributed by atoms with E-state index in [0.717, 1.165) is 22.3 Å². The van der Waals surface area contributed by atoms with Crippen LogP contribution in [0.5, 0.6) is 0 Å². The molecule has 0 radical (unpaired) electrons. The quantitative estimate of drug-likeness (QED) is 0.754. The smallest absolute Gasteiger partial charge is 0.404 e. The first-order valence-electron chi connectivity index (χ1n) is 7.28. The minimum atomic E-state index is -0.873. The van der Waals surface area contributed by atoms with Gasteiger partial charge in [-0.1, -0.05) is 0 Å². The molecule has 0 fully saturated rings. The Balaban J connectivity index is 1.76. The van der Waals surface area contributed by atoms with Gasteiger partial charge in [0.25, 0.3) is 5.91 Å². The minimum absolute atomic E-state index is 0.00781. The van der Waals surface area contributed by atoms with Gasteiger partial charge >= 0.3 is 6.09 Å². The number of ether oxygens (including phenoxy) is 1. The van der Waals surface area contributed by atoms with Crippen LogP contribution in [0, 0.1) is 0 Å². The predicted molar refractivity (Wildman–Crippen MR) is 84.6 cm³/mol. The summed E-state index contributed by atoms with van der Waals surface area (Å²) in [6, 6.07) is 6.97. The van der Waals surface area contributed by atoms with E-state index in [4.69, 9.17) is 10.5 Å². The molecule has 8 heteroatoms. The fourth-order valence-corrected chi connectivity index (χ4v) is 2.89. The molecular weight excluding hydrogens is 310 g/mol. The number of nitrogens with two attached hydrogens (primary N) is 1. The maximum Gasteiger partial charge on any atom is 0.404 e. The molecule has 8 nitrogen and oxygen atoms in total. The molecule has 1 aromatic carbocycles. The normalized spacial score (nSPS) is 16.0. The maximum absolute atomic E-state index is 12.0. The molecule has 120 valence electrons. The average Bonchev–Trinajstić information content (AvgIpc) is 3.14. The van der Waals surface area contributed by atoms with E-state index < -0.39 is 12.1 Å². The zero-order chi connectivity index (χ0) is 16.7. The summed E-state index contributed by atoms with van der Waals surface area (Å²) >= 11 is 0. The number of carbonyl (C=O) groups is 2. The lowest BCUT2D eigenvalue weighted by Crippen LogP contribution is -2.25. The van der Waals surface area contributed by atoms with Crippen molar-refractivity contribution in [2.24, 2.45) is 5.73 Å². The molecule has 1 atom stereocenters. The van der Waals surface area contributed by atoms with Crippen LogP contribution >= 0.6 is 0 Å². The monoisotopic (exact) mass is 323 g/mol. The molecule has 1 aliphatic rings. The lowest BCUT2D eigenvalue weighted by molar-refractivity contribution is 0.0929. The first kappa shape index (κ1) is 14.2. The fraction of sp³-hybridized carbons (Fsp3) is 0.125. The lowest BCUT2D eigenvalue weighted by Gasteiger charge is -2.12. The number of rotatable bonds is 3. The van der Waals surface area contributed by atoms with Gasteiger partial charge in [-0.15, -0.1) is 0 Å². The van der Waals surface area contributed by atoms with E-state index >= 15 is 0 Å². The van der Waals surface area contributed by atoms with Crippen molar-refractivity contribution in [2.75, 3.05) is 6.61 Å². The van der Waals surface area contributed by atoms with Gasteiger partial charge < -0.3 is 20.4 Å². The number of hydrogen-bond acceptors (Lipinski definition) is 5. The van der Waals surface area contributed by atoms with Crippen LogP contribution in [0.25, 0.3) is 16.7 Å². The Kier molecular flexibility index (Phi) is 3.16. The summed E-state index contributed by atoms with van der Waals surface area (Å²) < 4.78 is 6.74. The SMILES string of the molecule is NC(=O)OCC1NC(=O)c2ccc(-n3ccc4cncnc43)cc21. The van der Waals surface area contributed by atoms with Crippen LogP contribution in [-0.2, 0) is 4.74 Å².